The van der Waals surface area contributed by atoms with E-state index >= 15 is 0 Å². The number of halogens is 6. The lowest BCUT2D eigenvalue weighted by atomic mass is 9.61. The van der Waals surface area contributed by atoms with Crippen LogP contribution in [0, 0.1) is 48.1 Å². The van der Waals surface area contributed by atoms with E-state index in [1.54, 1.807) is 88.4 Å². The van der Waals surface area contributed by atoms with E-state index in [1.807, 2.05) is 0 Å². The zero-order valence-corrected chi connectivity index (χ0v) is 45.3. The molecule has 2 aliphatic heterocycles. The Bertz CT molecular complexity index is 3340. The van der Waals surface area contributed by atoms with Crippen LogP contribution in [-0.2, 0) is 29.6 Å². The predicted molar refractivity (Wildman–Crippen MR) is 283 cm³/mol. The highest BCUT2D eigenvalue weighted by Crippen LogP contribution is 2.51. The van der Waals surface area contributed by atoms with E-state index in [4.69, 9.17) is 9.47 Å². The van der Waals surface area contributed by atoms with Crippen molar-refractivity contribution in [3.8, 4) is 45.3 Å². The van der Waals surface area contributed by atoms with Crippen LogP contribution in [0.4, 0.5) is 37.7 Å². The highest BCUT2D eigenvalue weighted by Gasteiger charge is 2.49. The SMILES string of the molecule is Cc1cccc(S(=O)(=O)N2C[C@H](CC3CC(C)(C(=O)O)C3)Oc3ccc(-c4cc(F)cc(OC(F)F)c4)cc32)c1.Cc1cccc(S(=O)(=O)N2C[C@H](CC3CC(C)(C(=O)O)C3)Oc3ccc(-c4cc(F)cc(OC(F)F)c4)cc32)c1. The molecule has 22 heteroatoms. The van der Waals surface area contributed by atoms with Crippen LogP contribution >= 0.6 is 0 Å². The maximum absolute atomic E-state index is 14.3. The van der Waals surface area contributed by atoms with E-state index in [2.05, 4.69) is 9.47 Å². The van der Waals surface area contributed by atoms with Crippen LogP contribution < -0.4 is 27.6 Å². The van der Waals surface area contributed by atoms with Crippen molar-refractivity contribution in [1.29, 1.82) is 0 Å². The second-order valence-electron chi connectivity index (χ2n) is 21.4. The molecule has 2 heterocycles. The molecule has 0 unspecified atom stereocenters. The third-order valence-electron chi connectivity index (χ3n) is 15.0. The Morgan fingerprint density at radius 2 is 0.938 bits per heavy atom. The third-order valence-corrected chi connectivity index (χ3v) is 18.5. The lowest BCUT2D eigenvalue weighted by molar-refractivity contribution is -0.157. The van der Waals surface area contributed by atoms with Gasteiger partial charge in [-0.05, 0) is 184 Å². The molecule has 424 valence electrons. The van der Waals surface area contributed by atoms with E-state index in [0.717, 1.165) is 35.4 Å². The zero-order chi connectivity index (χ0) is 57.6. The Morgan fingerprint density at radius 1 is 0.562 bits per heavy atom. The second-order valence-corrected chi connectivity index (χ2v) is 25.1. The highest BCUT2D eigenvalue weighted by molar-refractivity contribution is 7.93. The first kappa shape index (κ1) is 57.2. The number of hydrogen-bond donors (Lipinski definition) is 2. The fraction of sp³-hybridized carbons (Fsp3) is 0.345. The lowest BCUT2D eigenvalue weighted by Crippen LogP contribution is -2.47. The van der Waals surface area contributed by atoms with Crippen LogP contribution in [-0.4, -0.2) is 77.5 Å². The highest BCUT2D eigenvalue weighted by atomic mass is 32.2. The van der Waals surface area contributed by atoms with Crippen molar-refractivity contribution in [2.24, 2.45) is 22.7 Å². The molecule has 2 saturated carbocycles. The molecule has 0 amide bonds. The summed E-state index contributed by atoms with van der Waals surface area (Å²) in [5, 5.41) is 18.9. The molecule has 80 heavy (non-hydrogen) atoms. The summed E-state index contributed by atoms with van der Waals surface area (Å²) in [4.78, 5) is 23.2. The Kier molecular flexibility index (Phi) is 15.9. The molecule has 0 bridgehead atoms. The van der Waals surface area contributed by atoms with Crippen molar-refractivity contribution in [2.75, 3.05) is 21.7 Å². The van der Waals surface area contributed by atoms with Gasteiger partial charge in [-0.15, -0.1) is 0 Å². The van der Waals surface area contributed by atoms with E-state index < -0.39 is 79.9 Å². The van der Waals surface area contributed by atoms with Gasteiger partial charge in [0.25, 0.3) is 20.0 Å². The van der Waals surface area contributed by atoms with Gasteiger partial charge in [0.1, 0.15) is 46.8 Å². The van der Waals surface area contributed by atoms with E-state index in [0.29, 0.717) is 49.7 Å². The quantitative estimate of drug-likeness (QED) is 0.0875. The fourth-order valence-corrected chi connectivity index (χ4v) is 14.4. The van der Waals surface area contributed by atoms with Crippen LogP contribution in [0.5, 0.6) is 23.0 Å². The number of carboxylic acids is 2. The summed E-state index contributed by atoms with van der Waals surface area (Å²) < 4.78 is 159. The summed E-state index contributed by atoms with van der Waals surface area (Å²) in [5.74, 6) is -3.31. The van der Waals surface area contributed by atoms with Crippen molar-refractivity contribution >= 4 is 43.4 Å². The largest absolute Gasteiger partial charge is 0.486 e. The van der Waals surface area contributed by atoms with Gasteiger partial charge in [0.15, 0.2) is 0 Å². The molecule has 4 aliphatic rings. The van der Waals surface area contributed by atoms with Gasteiger partial charge >= 0.3 is 25.2 Å². The molecular weight excluding hydrogens is 1090 g/mol. The molecule has 0 aromatic heterocycles. The van der Waals surface area contributed by atoms with Gasteiger partial charge in [-0.25, -0.2) is 25.6 Å². The third kappa shape index (κ3) is 12.3. The number of alkyl halides is 4. The minimum Gasteiger partial charge on any atom is -0.486 e. The molecule has 0 saturated heterocycles. The number of aliphatic carboxylic acids is 2. The summed E-state index contributed by atoms with van der Waals surface area (Å²) in [6, 6.07) is 28.8. The maximum atomic E-state index is 14.3. The number of carboxylic acid groups (broad SMARTS) is 2. The number of nitrogens with zero attached hydrogens (tertiary/aromatic N) is 2. The number of rotatable bonds is 16. The maximum Gasteiger partial charge on any atom is 0.387 e. The van der Waals surface area contributed by atoms with Crippen molar-refractivity contribution in [2.45, 2.75) is 101 Å². The number of hydrogen-bond acceptors (Lipinski definition) is 10. The minimum atomic E-state index is -4.06. The molecule has 6 aromatic carbocycles. The molecule has 2 atom stereocenters. The number of anilines is 2. The van der Waals surface area contributed by atoms with Gasteiger partial charge in [0.05, 0.1) is 45.1 Å². The summed E-state index contributed by atoms with van der Waals surface area (Å²) in [5.41, 5.74) is 1.56. The summed E-state index contributed by atoms with van der Waals surface area (Å²) in [6.07, 6.45) is 1.79. The molecule has 2 aliphatic carbocycles. The molecule has 0 radical (unpaired) electrons. The number of benzene rings is 6. The summed E-state index contributed by atoms with van der Waals surface area (Å²) in [7, 11) is -8.12. The van der Waals surface area contributed by atoms with Crippen LogP contribution in [0.15, 0.2) is 131 Å². The molecule has 2 fully saturated rings. The molecular formula is C58H56F6N2O12S2. The number of carbonyl (C=O) groups is 2. The molecule has 10 rings (SSSR count). The molecule has 0 spiro atoms. The number of ether oxygens (including phenoxy) is 4. The topological polar surface area (TPSA) is 186 Å². The second kappa shape index (κ2) is 22.2. The predicted octanol–water partition coefficient (Wildman–Crippen LogP) is 12.5. The van der Waals surface area contributed by atoms with E-state index in [-0.39, 0.29) is 80.2 Å². The van der Waals surface area contributed by atoms with Crippen LogP contribution in [0.1, 0.15) is 63.5 Å². The van der Waals surface area contributed by atoms with Gasteiger partial charge in [0, 0.05) is 12.1 Å². The van der Waals surface area contributed by atoms with Crippen molar-refractivity contribution in [3.05, 3.63) is 144 Å². The van der Waals surface area contributed by atoms with E-state index in [9.17, 15) is 63.0 Å². The van der Waals surface area contributed by atoms with E-state index in [1.165, 1.54) is 45.0 Å². The van der Waals surface area contributed by atoms with Crippen molar-refractivity contribution in [3.63, 3.8) is 0 Å². The van der Waals surface area contributed by atoms with Crippen LogP contribution in [0.2, 0.25) is 0 Å². The summed E-state index contributed by atoms with van der Waals surface area (Å²) in [6.45, 7) is 0.654. The number of sulfonamides is 2. The first-order valence-corrected chi connectivity index (χ1v) is 28.3. The van der Waals surface area contributed by atoms with Gasteiger partial charge in [-0.3, -0.25) is 18.2 Å². The van der Waals surface area contributed by atoms with Crippen LogP contribution in [0.3, 0.4) is 0 Å². The van der Waals surface area contributed by atoms with Crippen molar-refractivity contribution < 1.29 is 81.9 Å². The Balaban J connectivity index is 0.000000194. The minimum absolute atomic E-state index is 0.0179. The first-order chi connectivity index (χ1) is 37.7. The van der Waals surface area contributed by atoms with Gasteiger partial charge < -0.3 is 29.2 Å². The smallest absolute Gasteiger partial charge is 0.387 e. The fourth-order valence-electron chi connectivity index (χ4n) is 11.1. The summed E-state index contributed by atoms with van der Waals surface area (Å²) >= 11 is 0. The van der Waals surface area contributed by atoms with Gasteiger partial charge in [-0.2, -0.15) is 17.6 Å². The van der Waals surface area contributed by atoms with Crippen LogP contribution in [0.25, 0.3) is 22.3 Å². The standard InChI is InChI=1S/2C29H28F3NO6S/c2*1-17-4-3-5-24(8-17)40(36,37)33-16-23(9-18-14-29(2,15-18)27(34)35)38-26-7-6-19(12-25(26)33)20-10-21(30)13-22(11-20)39-28(31)32/h2*3-8,10-13,18,23,28H,9,14-16H2,1-2H3,(H,34,35)/t2*18?,23-,29?/m00/s1. The number of fused-ring (bicyclic) bond motifs is 2. The zero-order valence-electron chi connectivity index (χ0n) is 43.6. The molecule has 2 N–H and O–H groups in total. The Morgan fingerprint density at radius 3 is 1.27 bits per heavy atom. The molecule has 6 aromatic rings. The monoisotopic (exact) mass is 1150 g/mol. The first-order valence-electron chi connectivity index (χ1n) is 25.5. The normalized spacial score (nSPS) is 22.3. The van der Waals surface area contributed by atoms with Crippen molar-refractivity contribution in [1.82, 2.24) is 0 Å². The average Bonchev–Trinajstić information content (AvgIpc) is 3.57. The lowest BCUT2D eigenvalue weighted by Gasteiger charge is -2.44. The Hall–Kier alpha value is -7.46. The average molecular weight is 1150 g/mol. The number of aryl methyl sites for hydroxylation is 2. The van der Waals surface area contributed by atoms with Gasteiger partial charge in [0.2, 0.25) is 0 Å². The molecule has 14 nitrogen and oxygen atoms in total. The Labute approximate surface area is 458 Å². The van der Waals surface area contributed by atoms with Gasteiger partial charge in [-0.1, -0.05) is 36.4 Å².